The fourth-order valence-electron chi connectivity index (χ4n) is 9.21. The van der Waals surface area contributed by atoms with Crippen LogP contribution in [0.2, 0.25) is 0 Å². The highest BCUT2D eigenvalue weighted by molar-refractivity contribution is 5.76. The van der Waals surface area contributed by atoms with Crippen molar-refractivity contribution in [1.29, 1.82) is 0 Å². The van der Waals surface area contributed by atoms with Gasteiger partial charge in [0.05, 0.1) is 32.0 Å². The monoisotopic (exact) mass is 998 g/mol. The Labute approximate surface area is 423 Å². The van der Waals surface area contributed by atoms with Gasteiger partial charge in [0.1, 0.15) is 48.8 Å². The smallest absolute Gasteiger partial charge is 0.220 e. The molecule has 12 atom stereocenters. The first-order chi connectivity index (χ1) is 34.1. The maximum absolute atomic E-state index is 13.2. The Bertz CT molecular complexity index is 1320. The minimum atomic E-state index is -1.79. The van der Waals surface area contributed by atoms with Crippen LogP contribution in [0.3, 0.4) is 0 Å². The van der Waals surface area contributed by atoms with Gasteiger partial charge in [-0.15, -0.1) is 0 Å². The third-order valence-corrected chi connectivity index (χ3v) is 13.8. The van der Waals surface area contributed by atoms with Crippen LogP contribution in [-0.2, 0) is 23.7 Å². The zero-order valence-corrected chi connectivity index (χ0v) is 43.8. The van der Waals surface area contributed by atoms with Gasteiger partial charge in [-0.2, -0.15) is 0 Å². The molecule has 0 aliphatic carbocycles. The van der Waals surface area contributed by atoms with Crippen molar-refractivity contribution in [2.75, 3.05) is 19.8 Å². The molecule has 0 aromatic rings. The highest BCUT2D eigenvalue weighted by Gasteiger charge is 2.51. The van der Waals surface area contributed by atoms with E-state index in [1.54, 1.807) is 6.08 Å². The second-order valence-electron chi connectivity index (χ2n) is 20.1. The van der Waals surface area contributed by atoms with E-state index in [2.05, 4.69) is 43.5 Å². The van der Waals surface area contributed by atoms with Crippen LogP contribution in [0.15, 0.2) is 36.5 Å². The molecule has 410 valence electrons. The molecule has 0 bridgehead atoms. The number of aliphatic hydroxyl groups excluding tert-OH is 8. The number of carbonyl (C=O) groups is 1. The molecular formula is C56H103NO13. The summed E-state index contributed by atoms with van der Waals surface area (Å²) in [5.74, 6) is -0.252. The third kappa shape index (κ3) is 28.6. The molecule has 2 fully saturated rings. The van der Waals surface area contributed by atoms with Crippen LogP contribution in [0.4, 0.5) is 0 Å². The van der Waals surface area contributed by atoms with Gasteiger partial charge in [-0.25, -0.2) is 0 Å². The Kier molecular flexibility index (Phi) is 39.1. The molecule has 0 saturated carbocycles. The molecular weight excluding hydrogens is 895 g/mol. The fourth-order valence-corrected chi connectivity index (χ4v) is 9.21. The van der Waals surface area contributed by atoms with Gasteiger partial charge in [0, 0.05) is 6.42 Å². The summed E-state index contributed by atoms with van der Waals surface area (Å²) in [7, 11) is 0. The van der Waals surface area contributed by atoms with Crippen LogP contribution in [0.5, 0.6) is 0 Å². The first kappa shape index (κ1) is 64.3. The minimum absolute atomic E-state index is 0.252. The van der Waals surface area contributed by atoms with Gasteiger partial charge in [0.2, 0.25) is 5.91 Å². The summed E-state index contributed by atoms with van der Waals surface area (Å²) in [6, 6.07) is -0.933. The molecule has 2 rings (SSSR count). The largest absolute Gasteiger partial charge is 0.394 e. The number of rotatable bonds is 44. The number of amides is 1. The molecule has 0 spiro atoms. The Balaban J connectivity index is 1.72. The first-order valence-corrected chi connectivity index (χ1v) is 28.2. The van der Waals surface area contributed by atoms with Crippen molar-refractivity contribution in [2.45, 2.75) is 293 Å². The van der Waals surface area contributed by atoms with Crippen LogP contribution in [-0.4, -0.2) is 140 Å². The summed E-state index contributed by atoms with van der Waals surface area (Å²) in [6.45, 7) is 2.70. The second kappa shape index (κ2) is 42.6. The summed E-state index contributed by atoms with van der Waals surface area (Å²) < 4.78 is 22.7. The van der Waals surface area contributed by atoms with Gasteiger partial charge in [0.15, 0.2) is 12.6 Å². The molecule has 0 radical (unpaired) electrons. The maximum Gasteiger partial charge on any atom is 0.220 e. The van der Waals surface area contributed by atoms with E-state index in [1.165, 1.54) is 135 Å². The van der Waals surface area contributed by atoms with Crippen LogP contribution in [0, 0.1) is 0 Å². The Morgan fingerprint density at radius 3 is 1.37 bits per heavy atom. The lowest BCUT2D eigenvalue weighted by Gasteiger charge is -2.46. The molecule has 2 saturated heterocycles. The molecule has 2 heterocycles. The van der Waals surface area contributed by atoms with Gasteiger partial charge in [-0.3, -0.25) is 4.79 Å². The standard InChI is InChI=1S/C56H103NO13/c1-3-5-7-9-11-13-15-16-17-18-19-20-21-22-23-24-25-26-27-28-30-32-34-36-38-40-48(61)57-44(45(60)39-37-35-33-31-29-14-12-10-8-6-4-2)43-67-55-53(66)51(64)54(47(42-59)69-55)70-56-52(65)50(63)49(62)46(41-58)68-56/h8,10,29,31,37,39,44-47,49-56,58-60,62-66H,3-7,9,11-28,30,32-36,38,40-43H2,1-2H3,(H,57,61)/b10-8+,31-29+,39-37+. The number of carbonyl (C=O) groups excluding carboxylic acids is 1. The summed E-state index contributed by atoms with van der Waals surface area (Å²) in [5.41, 5.74) is 0. The molecule has 0 aromatic heterocycles. The quantitative estimate of drug-likeness (QED) is 0.0206. The Morgan fingerprint density at radius 2 is 0.914 bits per heavy atom. The summed E-state index contributed by atoms with van der Waals surface area (Å²) >= 11 is 0. The van der Waals surface area contributed by atoms with E-state index in [1.807, 2.05) is 6.08 Å². The third-order valence-electron chi connectivity index (χ3n) is 13.8. The fraction of sp³-hybridized carbons (Fsp3) is 0.875. The lowest BCUT2D eigenvalue weighted by Crippen LogP contribution is -2.65. The van der Waals surface area contributed by atoms with Gasteiger partial charge in [-0.05, 0) is 38.5 Å². The van der Waals surface area contributed by atoms with Crippen molar-refractivity contribution in [3.63, 3.8) is 0 Å². The molecule has 14 heteroatoms. The summed E-state index contributed by atoms with van der Waals surface area (Å²) in [6.07, 6.45) is 33.6. The van der Waals surface area contributed by atoms with Gasteiger partial charge < -0.3 is 65.1 Å². The van der Waals surface area contributed by atoms with E-state index >= 15 is 0 Å². The molecule has 12 unspecified atom stereocenters. The van der Waals surface area contributed by atoms with E-state index in [0.29, 0.717) is 12.8 Å². The second-order valence-corrected chi connectivity index (χ2v) is 20.1. The predicted molar refractivity (Wildman–Crippen MR) is 277 cm³/mol. The summed E-state index contributed by atoms with van der Waals surface area (Å²) in [5, 5.41) is 86.7. The summed E-state index contributed by atoms with van der Waals surface area (Å²) in [4.78, 5) is 13.2. The molecule has 2 aliphatic heterocycles. The van der Waals surface area contributed by atoms with Crippen molar-refractivity contribution in [1.82, 2.24) is 5.32 Å². The minimum Gasteiger partial charge on any atom is -0.394 e. The Morgan fingerprint density at radius 1 is 0.500 bits per heavy atom. The van der Waals surface area contributed by atoms with Crippen LogP contribution in [0.1, 0.15) is 219 Å². The van der Waals surface area contributed by atoms with Gasteiger partial charge in [0.25, 0.3) is 0 Å². The maximum atomic E-state index is 13.2. The van der Waals surface area contributed by atoms with Crippen LogP contribution < -0.4 is 5.32 Å². The number of hydrogen-bond donors (Lipinski definition) is 9. The number of hydrogen-bond acceptors (Lipinski definition) is 13. The molecule has 14 nitrogen and oxygen atoms in total. The van der Waals surface area contributed by atoms with Gasteiger partial charge >= 0.3 is 0 Å². The zero-order valence-electron chi connectivity index (χ0n) is 43.8. The normalized spacial score (nSPS) is 26.2. The van der Waals surface area contributed by atoms with Crippen molar-refractivity contribution >= 4 is 5.91 Å². The number of nitrogens with one attached hydrogen (secondary N) is 1. The topological polar surface area (TPSA) is 228 Å². The lowest BCUT2D eigenvalue weighted by molar-refractivity contribution is -0.359. The molecule has 1 amide bonds. The number of ether oxygens (including phenoxy) is 4. The van der Waals surface area contributed by atoms with E-state index in [9.17, 15) is 45.6 Å². The molecule has 70 heavy (non-hydrogen) atoms. The average Bonchev–Trinajstić information content (AvgIpc) is 3.36. The van der Waals surface area contributed by atoms with Crippen molar-refractivity contribution < 1.29 is 64.6 Å². The van der Waals surface area contributed by atoms with Crippen molar-refractivity contribution in [2.24, 2.45) is 0 Å². The SMILES string of the molecule is CCC/C=C/CC/C=C/CC/C=C/C(O)C(COC1OC(CO)C(OC2OC(CO)C(O)C(O)C2O)C(O)C1O)NC(=O)CCCCCCCCCCCCCCCCCCCCCCCCCCC. The molecule has 9 N–H and O–H groups in total. The zero-order chi connectivity index (χ0) is 51.0. The van der Waals surface area contributed by atoms with E-state index in [-0.39, 0.29) is 18.9 Å². The van der Waals surface area contributed by atoms with Gasteiger partial charge in [-0.1, -0.05) is 211 Å². The van der Waals surface area contributed by atoms with E-state index in [4.69, 9.17) is 18.9 Å². The predicted octanol–water partition coefficient (Wildman–Crippen LogP) is 8.66. The average molecular weight is 998 g/mol. The number of unbranched alkanes of at least 4 members (excludes halogenated alkanes) is 27. The van der Waals surface area contributed by atoms with E-state index in [0.717, 1.165) is 51.4 Å². The Hall–Kier alpha value is -1.79. The molecule has 2 aliphatic rings. The van der Waals surface area contributed by atoms with E-state index < -0.39 is 86.8 Å². The number of allylic oxidation sites excluding steroid dienone is 5. The number of aliphatic hydroxyl groups is 8. The van der Waals surface area contributed by atoms with Crippen molar-refractivity contribution in [3.8, 4) is 0 Å². The molecule has 0 aromatic carbocycles. The van der Waals surface area contributed by atoms with Crippen LogP contribution >= 0.6 is 0 Å². The highest BCUT2D eigenvalue weighted by atomic mass is 16.7. The van der Waals surface area contributed by atoms with Crippen molar-refractivity contribution in [3.05, 3.63) is 36.5 Å². The lowest BCUT2D eigenvalue weighted by atomic mass is 9.97. The highest BCUT2D eigenvalue weighted by Crippen LogP contribution is 2.30. The van der Waals surface area contributed by atoms with Crippen LogP contribution in [0.25, 0.3) is 0 Å². The first-order valence-electron chi connectivity index (χ1n) is 28.2.